The van der Waals surface area contributed by atoms with Gasteiger partial charge in [0.05, 0.1) is 46.7 Å². The maximum absolute atomic E-state index is 12.9. The number of aliphatic hydroxyl groups excluding tert-OH is 1. The highest BCUT2D eigenvalue weighted by Crippen LogP contribution is 2.38. The maximum atomic E-state index is 12.9. The van der Waals surface area contributed by atoms with Crippen molar-refractivity contribution >= 4 is 59.2 Å². The fourth-order valence-electron chi connectivity index (χ4n) is 8.76. The molecular weight excluding hydrogens is 1060 g/mol. The first-order valence-corrected chi connectivity index (χ1v) is 26.8. The van der Waals surface area contributed by atoms with Crippen molar-refractivity contribution in [1.82, 2.24) is 0 Å². The normalized spacial score (nSPS) is 19.5. The van der Waals surface area contributed by atoms with Crippen LogP contribution in [-0.2, 0) is 51.6 Å². The first-order valence-electron chi connectivity index (χ1n) is 25.5. The van der Waals surface area contributed by atoms with Crippen LogP contribution in [0.2, 0.25) is 0 Å². The Hall–Kier alpha value is -8.32. The molecule has 80 heavy (non-hydrogen) atoms. The molecule has 8 atom stereocenters. The highest BCUT2D eigenvalue weighted by Gasteiger charge is 2.41. The molecule has 17 heteroatoms. The number of carbonyl (C=O) groups excluding carboxylic acids is 4. The Morgan fingerprint density at radius 2 is 0.787 bits per heavy atom. The Morgan fingerprint density at radius 1 is 0.487 bits per heavy atom. The van der Waals surface area contributed by atoms with E-state index in [9.17, 15) is 24.3 Å². The molecule has 6 aromatic carbocycles. The van der Waals surface area contributed by atoms with Crippen LogP contribution in [0.1, 0.15) is 85.2 Å². The molecule has 15 nitrogen and oxygen atoms in total. The number of carbonyl (C=O) groups is 4. The van der Waals surface area contributed by atoms with Gasteiger partial charge in [-0.3, -0.25) is 0 Å². The summed E-state index contributed by atoms with van der Waals surface area (Å²) in [7, 11) is 0. The quantitative estimate of drug-likeness (QED) is 0.0428. The van der Waals surface area contributed by atoms with Gasteiger partial charge in [0.25, 0.3) is 0 Å². The zero-order valence-corrected chi connectivity index (χ0v) is 45.5. The number of esters is 4. The molecule has 0 aromatic heterocycles. The lowest BCUT2D eigenvalue weighted by Gasteiger charge is -2.23. The zero-order valence-electron chi connectivity index (χ0n) is 43.9. The molecule has 1 N–H and O–H groups in total. The van der Waals surface area contributed by atoms with Gasteiger partial charge in [0.15, 0.2) is 0 Å². The average molecular weight is 1120 g/mol. The van der Waals surface area contributed by atoms with Gasteiger partial charge in [-0.1, -0.05) is 165 Å². The highest BCUT2D eigenvalue weighted by molar-refractivity contribution is 7.52. The van der Waals surface area contributed by atoms with Crippen LogP contribution in [0.5, 0.6) is 0 Å². The van der Waals surface area contributed by atoms with E-state index in [1.807, 2.05) is 72.8 Å². The Labute approximate surface area is 472 Å². The van der Waals surface area contributed by atoms with Gasteiger partial charge in [-0.2, -0.15) is 16.8 Å². The molecule has 8 rings (SSSR count). The first kappa shape index (κ1) is 62.5. The van der Waals surface area contributed by atoms with Gasteiger partial charge in [0.2, 0.25) is 0 Å². The summed E-state index contributed by atoms with van der Waals surface area (Å²) in [4.78, 5) is 50.8. The van der Waals surface area contributed by atoms with E-state index in [0.717, 1.165) is 16.7 Å². The number of hydrogen-bond acceptors (Lipinski definition) is 15. The molecule has 0 saturated carbocycles. The highest BCUT2D eigenvalue weighted by atomic mass is 32.1. The second kappa shape index (κ2) is 34.5. The molecule has 0 unspecified atom stereocenters. The van der Waals surface area contributed by atoms with Crippen molar-refractivity contribution < 1.29 is 69.5 Å². The van der Waals surface area contributed by atoms with Crippen LogP contribution in [0.15, 0.2) is 218 Å². The second-order valence-corrected chi connectivity index (χ2v) is 18.3. The standard InChI is InChI=1S/C32H32O5.C31H30O6.2O2S/c1-3-13-29-28(20-24-14-7-4-8-15-24)23(2)30(37-29)21-27(36-32(34)26-18-11-6-12-19-26)22-35-31(33)25-16-9-5-10-17-25;1-2-12-27-26(19-22-13-6-3-7-14-22)29(32)28(37-27)20-25(36-31(34)24-17-10-5-11-18-24)21-35-30(33)23-15-8-4-9-16-23;2*1-3-2/h3-12,14-20,23,27,29-30H,1,13,21-22H2,2H3;2-11,13-19,25,27-29,32H,1,12,20-21H2;;/t23-,27+,29+,30-;25-,27-,28+,29+;;/m10../s1. The van der Waals surface area contributed by atoms with Crippen LogP contribution >= 0.6 is 0 Å². The van der Waals surface area contributed by atoms with Crippen molar-refractivity contribution in [3.63, 3.8) is 0 Å². The van der Waals surface area contributed by atoms with Crippen molar-refractivity contribution in [2.24, 2.45) is 5.92 Å². The van der Waals surface area contributed by atoms with E-state index in [-0.39, 0.29) is 43.9 Å². The molecule has 416 valence electrons. The van der Waals surface area contributed by atoms with Crippen LogP contribution in [0.4, 0.5) is 0 Å². The lowest BCUT2D eigenvalue weighted by atomic mass is 9.90. The predicted molar refractivity (Wildman–Crippen MR) is 303 cm³/mol. The minimum Gasteiger partial charge on any atom is -0.458 e. The van der Waals surface area contributed by atoms with E-state index < -0.39 is 71.4 Å². The SMILES string of the molecule is C=CC[C@@H]1O[C@H](C[C@@H](COC(=O)c2ccccc2)OC(=O)c2ccccc2)[C@H](C)C1=Cc1ccccc1.C=CC[C@@H]1O[C@H](C[C@@H](COC(=O)c2ccccc2)OC(=O)c2ccccc2)[C@H](O)C1=Cc1ccccc1.O=S=O.O=S=O. The molecule has 2 fully saturated rings. The number of ether oxygens (including phenoxy) is 6. The van der Waals surface area contributed by atoms with Crippen LogP contribution in [-0.4, -0.2) is 102 Å². The third-order valence-corrected chi connectivity index (χ3v) is 12.6. The topological polar surface area (TPSA) is 212 Å². The van der Waals surface area contributed by atoms with Crippen LogP contribution in [0.3, 0.4) is 0 Å². The second-order valence-electron chi connectivity index (χ2n) is 18.0. The Kier molecular flexibility index (Phi) is 27.0. The molecule has 0 bridgehead atoms. The summed E-state index contributed by atoms with van der Waals surface area (Å²) in [5.74, 6) is -1.92. The third-order valence-electron chi connectivity index (χ3n) is 12.6. The van der Waals surface area contributed by atoms with Crippen LogP contribution in [0, 0.1) is 5.92 Å². The van der Waals surface area contributed by atoms with Gasteiger partial charge in [-0.15, -0.1) is 13.2 Å². The maximum Gasteiger partial charge on any atom is 0.338 e. The van der Waals surface area contributed by atoms with Crippen molar-refractivity contribution in [3.05, 3.63) is 252 Å². The Morgan fingerprint density at radius 3 is 1.15 bits per heavy atom. The first-order chi connectivity index (χ1) is 38.9. The zero-order chi connectivity index (χ0) is 57.5. The summed E-state index contributed by atoms with van der Waals surface area (Å²) < 4.78 is 68.4. The smallest absolute Gasteiger partial charge is 0.338 e. The summed E-state index contributed by atoms with van der Waals surface area (Å²) in [5, 5.41) is 11.2. The van der Waals surface area contributed by atoms with Gasteiger partial charge in [-0.25, -0.2) is 19.2 Å². The van der Waals surface area contributed by atoms with Gasteiger partial charge in [-0.05, 0) is 83.6 Å². The molecule has 2 heterocycles. The van der Waals surface area contributed by atoms with Crippen LogP contribution in [0.25, 0.3) is 12.2 Å². The fraction of sp³-hybridized carbons (Fsp3) is 0.238. The number of benzene rings is 6. The minimum absolute atomic E-state index is 0.0667. The van der Waals surface area contributed by atoms with Gasteiger partial charge < -0.3 is 33.5 Å². The molecule has 0 spiro atoms. The van der Waals surface area contributed by atoms with E-state index in [1.54, 1.807) is 115 Å². The molecule has 0 radical (unpaired) electrons. The minimum atomic E-state index is -0.923. The summed E-state index contributed by atoms with van der Waals surface area (Å²) in [6.07, 6.45) is 5.61. The number of rotatable bonds is 20. The van der Waals surface area contributed by atoms with E-state index in [4.69, 9.17) is 45.3 Å². The van der Waals surface area contributed by atoms with Gasteiger partial charge >= 0.3 is 47.0 Å². The molecule has 2 saturated heterocycles. The van der Waals surface area contributed by atoms with Crippen molar-refractivity contribution in [3.8, 4) is 0 Å². The molecule has 2 aliphatic rings. The Bertz CT molecular complexity index is 2810. The lowest BCUT2D eigenvalue weighted by Crippen LogP contribution is -2.33. The average Bonchev–Trinajstić information content (AvgIpc) is 3.95. The fourth-order valence-corrected chi connectivity index (χ4v) is 8.76. The monoisotopic (exact) mass is 1120 g/mol. The largest absolute Gasteiger partial charge is 0.458 e. The van der Waals surface area contributed by atoms with E-state index in [0.29, 0.717) is 41.5 Å². The van der Waals surface area contributed by atoms with E-state index in [1.165, 1.54) is 5.57 Å². The summed E-state index contributed by atoms with van der Waals surface area (Å²) >= 11 is -1.50. The van der Waals surface area contributed by atoms with E-state index in [2.05, 4.69) is 38.3 Å². The molecular formula is C63H62O15S2. The lowest BCUT2D eigenvalue weighted by molar-refractivity contribution is -0.0449. The molecule has 6 aromatic rings. The van der Waals surface area contributed by atoms with Crippen molar-refractivity contribution in [2.75, 3.05) is 13.2 Å². The van der Waals surface area contributed by atoms with Gasteiger partial charge in [0, 0.05) is 18.8 Å². The van der Waals surface area contributed by atoms with Crippen LogP contribution < -0.4 is 0 Å². The molecule has 0 amide bonds. The molecule has 0 aliphatic carbocycles. The van der Waals surface area contributed by atoms with E-state index >= 15 is 0 Å². The summed E-state index contributed by atoms with van der Waals surface area (Å²) in [6, 6.07) is 54.5. The molecule has 2 aliphatic heterocycles. The Balaban J connectivity index is 0.000000268. The third kappa shape index (κ3) is 20.2. The summed E-state index contributed by atoms with van der Waals surface area (Å²) in [6.45, 7) is 9.58. The number of aliphatic hydroxyl groups is 1. The van der Waals surface area contributed by atoms with Gasteiger partial charge in [0.1, 0.15) is 31.5 Å². The predicted octanol–water partition coefficient (Wildman–Crippen LogP) is 10.4. The van der Waals surface area contributed by atoms with Crippen molar-refractivity contribution in [1.29, 1.82) is 0 Å². The number of hydrogen-bond donors (Lipinski definition) is 1. The summed E-state index contributed by atoms with van der Waals surface area (Å²) in [5.41, 5.74) is 5.61. The van der Waals surface area contributed by atoms with Crippen molar-refractivity contribution in [2.45, 2.75) is 75.3 Å².